The quantitative estimate of drug-likeness (QED) is 0.542. The summed E-state index contributed by atoms with van der Waals surface area (Å²) in [4.78, 5) is 6.78. The fraction of sp³-hybridized carbons (Fsp3) is 0.458. The molecular formula is C24H34N4O2. The van der Waals surface area contributed by atoms with Crippen LogP contribution in [-0.4, -0.2) is 50.3 Å². The van der Waals surface area contributed by atoms with Gasteiger partial charge in [0.15, 0.2) is 5.96 Å². The molecule has 1 aliphatic heterocycles. The molecule has 1 heterocycles. The van der Waals surface area contributed by atoms with Crippen LogP contribution in [0.3, 0.4) is 0 Å². The van der Waals surface area contributed by atoms with Crippen molar-refractivity contribution in [2.45, 2.75) is 45.7 Å². The van der Waals surface area contributed by atoms with Crippen LogP contribution in [0.25, 0.3) is 0 Å². The number of rotatable bonds is 7. The van der Waals surface area contributed by atoms with E-state index in [0.717, 1.165) is 37.9 Å². The first-order valence-corrected chi connectivity index (χ1v) is 10.6. The van der Waals surface area contributed by atoms with Gasteiger partial charge in [0, 0.05) is 39.8 Å². The number of nitrogens with zero attached hydrogens (tertiary/aromatic N) is 2. The fourth-order valence-electron chi connectivity index (χ4n) is 3.77. The molecule has 2 N–H and O–H groups in total. The molecule has 2 atom stereocenters. The summed E-state index contributed by atoms with van der Waals surface area (Å²) in [6, 6.07) is 16.8. The maximum Gasteiger partial charge on any atom is 0.191 e. The third-order valence-electron chi connectivity index (χ3n) is 5.23. The second-order valence-corrected chi connectivity index (χ2v) is 7.90. The Bertz CT molecular complexity index is 795. The molecule has 0 amide bonds. The first-order chi connectivity index (χ1) is 14.6. The first kappa shape index (κ1) is 22.1. The molecule has 6 nitrogen and oxygen atoms in total. The lowest BCUT2D eigenvalue weighted by molar-refractivity contribution is -0.0704. The van der Waals surface area contributed by atoms with Gasteiger partial charge in [0.1, 0.15) is 5.75 Å². The molecule has 6 heteroatoms. The maximum absolute atomic E-state index is 5.82. The minimum atomic E-state index is 0.300. The molecule has 1 fully saturated rings. The van der Waals surface area contributed by atoms with Crippen LogP contribution in [0.4, 0.5) is 0 Å². The zero-order chi connectivity index (χ0) is 21.3. The molecule has 2 aromatic rings. The second kappa shape index (κ2) is 11.0. The van der Waals surface area contributed by atoms with Gasteiger partial charge in [0.05, 0.1) is 19.3 Å². The number of ether oxygens (including phenoxy) is 2. The predicted molar refractivity (Wildman–Crippen MR) is 122 cm³/mol. The molecule has 0 bridgehead atoms. The van der Waals surface area contributed by atoms with Crippen molar-refractivity contribution >= 4 is 5.96 Å². The molecule has 1 saturated heterocycles. The Labute approximate surface area is 180 Å². The van der Waals surface area contributed by atoms with E-state index in [-0.39, 0.29) is 0 Å². The second-order valence-electron chi connectivity index (χ2n) is 7.90. The van der Waals surface area contributed by atoms with E-state index in [9.17, 15) is 0 Å². The highest BCUT2D eigenvalue weighted by Gasteiger charge is 2.21. The van der Waals surface area contributed by atoms with Crippen LogP contribution in [0.1, 0.15) is 30.5 Å². The van der Waals surface area contributed by atoms with Crippen molar-refractivity contribution in [2.75, 3.05) is 27.2 Å². The lowest BCUT2D eigenvalue weighted by atomic mass is 10.1. The zero-order valence-corrected chi connectivity index (χ0v) is 18.5. The molecule has 162 valence electrons. The number of morpholine rings is 1. The van der Waals surface area contributed by atoms with Gasteiger partial charge in [-0.2, -0.15) is 0 Å². The predicted octanol–water partition coefficient (Wildman–Crippen LogP) is 3.17. The maximum atomic E-state index is 5.82. The standard InChI is InChI=1S/C24H34N4O2/c1-18-15-28(16-19(2)30-18)17-22-7-5-20(6-8-22)13-26-24(25-3)27-14-21-9-11-23(29-4)12-10-21/h5-12,18-19H,13-17H2,1-4H3,(H2,25,26,27). The average molecular weight is 411 g/mol. The number of methoxy groups -OCH3 is 1. The SMILES string of the molecule is CN=C(NCc1ccc(CN2CC(C)OC(C)C2)cc1)NCc1ccc(OC)cc1. The van der Waals surface area contributed by atoms with Gasteiger partial charge in [0.25, 0.3) is 0 Å². The Balaban J connectivity index is 1.45. The Kier molecular flexibility index (Phi) is 8.11. The van der Waals surface area contributed by atoms with Crippen LogP contribution in [0.5, 0.6) is 5.75 Å². The van der Waals surface area contributed by atoms with Crippen molar-refractivity contribution in [1.29, 1.82) is 0 Å². The van der Waals surface area contributed by atoms with Gasteiger partial charge in [0.2, 0.25) is 0 Å². The number of guanidine groups is 1. The highest BCUT2D eigenvalue weighted by Crippen LogP contribution is 2.15. The molecule has 0 saturated carbocycles. The highest BCUT2D eigenvalue weighted by atomic mass is 16.5. The summed E-state index contributed by atoms with van der Waals surface area (Å²) in [5, 5.41) is 6.72. The summed E-state index contributed by atoms with van der Waals surface area (Å²) in [6.45, 7) is 8.68. The van der Waals surface area contributed by atoms with Crippen molar-refractivity contribution < 1.29 is 9.47 Å². The van der Waals surface area contributed by atoms with Crippen molar-refractivity contribution in [3.05, 3.63) is 65.2 Å². The van der Waals surface area contributed by atoms with Gasteiger partial charge in [-0.15, -0.1) is 0 Å². The fourth-order valence-corrected chi connectivity index (χ4v) is 3.77. The van der Waals surface area contributed by atoms with Crippen LogP contribution in [-0.2, 0) is 24.4 Å². The van der Waals surface area contributed by atoms with Crippen molar-refractivity contribution in [3.63, 3.8) is 0 Å². The summed E-state index contributed by atoms with van der Waals surface area (Å²) in [7, 11) is 3.46. The van der Waals surface area contributed by atoms with Crippen molar-refractivity contribution in [1.82, 2.24) is 15.5 Å². The third-order valence-corrected chi connectivity index (χ3v) is 5.23. The summed E-state index contributed by atoms with van der Waals surface area (Å²) in [6.07, 6.45) is 0.601. The largest absolute Gasteiger partial charge is 0.497 e. The number of nitrogens with one attached hydrogen (secondary N) is 2. The average Bonchev–Trinajstić information content (AvgIpc) is 2.74. The molecule has 0 radical (unpaired) electrons. The summed E-state index contributed by atoms with van der Waals surface area (Å²) in [5.74, 6) is 1.65. The minimum Gasteiger partial charge on any atom is -0.497 e. The Morgan fingerprint density at radius 1 is 0.933 bits per heavy atom. The van der Waals surface area contributed by atoms with Crippen LogP contribution in [0.2, 0.25) is 0 Å². The normalized spacial score (nSPS) is 20.1. The third kappa shape index (κ3) is 6.75. The van der Waals surface area contributed by atoms with E-state index in [1.807, 2.05) is 24.3 Å². The molecule has 0 aromatic heterocycles. The molecule has 1 aliphatic rings. The monoisotopic (exact) mass is 410 g/mol. The van der Waals surface area contributed by atoms with Gasteiger partial charge in [-0.05, 0) is 42.7 Å². The van der Waals surface area contributed by atoms with Crippen LogP contribution in [0, 0.1) is 0 Å². The zero-order valence-electron chi connectivity index (χ0n) is 18.5. The summed E-state index contributed by atoms with van der Waals surface area (Å²) >= 11 is 0. The van der Waals surface area contributed by atoms with Crippen LogP contribution < -0.4 is 15.4 Å². The van der Waals surface area contributed by atoms with E-state index in [2.05, 4.69) is 58.6 Å². The number of aliphatic imine (C=N–C) groups is 1. The van der Waals surface area contributed by atoms with E-state index in [4.69, 9.17) is 9.47 Å². The van der Waals surface area contributed by atoms with E-state index in [1.54, 1.807) is 14.2 Å². The summed E-state index contributed by atoms with van der Waals surface area (Å²) < 4.78 is 11.0. The number of hydrogen-bond acceptors (Lipinski definition) is 4. The van der Waals surface area contributed by atoms with Crippen LogP contribution >= 0.6 is 0 Å². The van der Waals surface area contributed by atoms with Crippen LogP contribution in [0.15, 0.2) is 53.5 Å². The molecule has 0 spiro atoms. The molecular weight excluding hydrogens is 376 g/mol. The minimum absolute atomic E-state index is 0.300. The van der Waals surface area contributed by atoms with E-state index >= 15 is 0 Å². The molecule has 0 aliphatic carbocycles. The molecule has 30 heavy (non-hydrogen) atoms. The Morgan fingerprint density at radius 2 is 1.43 bits per heavy atom. The molecule has 3 rings (SSSR count). The highest BCUT2D eigenvalue weighted by molar-refractivity contribution is 5.79. The topological polar surface area (TPSA) is 58.1 Å². The van der Waals surface area contributed by atoms with Gasteiger partial charge in [-0.3, -0.25) is 9.89 Å². The summed E-state index contributed by atoms with van der Waals surface area (Å²) in [5.41, 5.74) is 3.74. The molecule has 2 aromatic carbocycles. The van der Waals surface area contributed by atoms with E-state index in [1.165, 1.54) is 16.7 Å². The smallest absolute Gasteiger partial charge is 0.191 e. The van der Waals surface area contributed by atoms with Gasteiger partial charge >= 0.3 is 0 Å². The Morgan fingerprint density at radius 3 is 1.93 bits per heavy atom. The van der Waals surface area contributed by atoms with Crippen molar-refractivity contribution in [2.24, 2.45) is 4.99 Å². The number of benzene rings is 2. The first-order valence-electron chi connectivity index (χ1n) is 10.6. The van der Waals surface area contributed by atoms with Gasteiger partial charge in [-0.25, -0.2) is 0 Å². The Hall–Kier alpha value is -2.57. The van der Waals surface area contributed by atoms with E-state index in [0.29, 0.717) is 18.8 Å². The lowest BCUT2D eigenvalue weighted by Gasteiger charge is -2.35. The van der Waals surface area contributed by atoms with Gasteiger partial charge in [-0.1, -0.05) is 36.4 Å². The van der Waals surface area contributed by atoms with E-state index < -0.39 is 0 Å². The number of hydrogen-bond donors (Lipinski definition) is 2. The lowest BCUT2D eigenvalue weighted by Crippen LogP contribution is -2.44. The van der Waals surface area contributed by atoms with Gasteiger partial charge < -0.3 is 20.1 Å². The van der Waals surface area contributed by atoms with Crippen molar-refractivity contribution in [3.8, 4) is 5.75 Å². The molecule has 2 unspecified atom stereocenters.